The van der Waals surface area contributed by atoms with Crippen molar-refractivity contribution in [1.82, 2.24) is 0 Å². The van der Waals surface area contributed by atoms with E-state index in [1.807, 2.05) is 0 Å². The van der Waals surface area contributed by atoms with Crippen molar-refractivity contribution >= 4 is 0 Å². The maximum absolute atomic E-state index is 6.07. The van der Waals surface area contributed by atoms with Gasteiger partial charge in [-0.05, 0) is 37.3 Å². The predicted octanol–water partition coefficient (Wildman–Crippen LogP) is 2.69. The molecule has 1 aliphatic heterocycles. The van der Waals surface area contributed by atoms with E-state index in [2.05, 4.69) is 32.0 Å². The summed E-state index contributed by atoms with van der Waals surface area (Å²) in [5.74, 6) is 1.56. The highest BCUT2D eigenvalue weighted by molar-refractivity contribution is 5.41. The lowest BCUT2D eigenvalue weighted by Crippen LogP contribution is -2.22. The molecule has 0 aliphatic carbocycles. The Morgan fingerprint density at radius 2 is 2.32 bits per heavy atom. The summed E-state index contributed by atoms with van der Waals surface area (Å²) in [5, 5.41) is 0. The zero-order valence-electron chi connectivity index (χ0n) is 12.0. The highest BCUT2D eigenvalue weighted by Crippen LogP contribution is 2.26. The van der Waals surface area contributed by atoms with Crippen LogP contribution in [-0.4, -0.2) is 25.9 Å². The molecule has 0 saturated carbocycles. The lowest BCUT2D eigenvalue weighted by atomic mass is 10.0. The maximum atomic E-state index is 6.07. The summed E-state index contributed by atoms with van der Waals surface area (Å²) < 4.78 is 11.4. The normalized spacial score (nSPS) is 20.5. The van der Waals surface area contributed by atoms with Crippen LogP contribution in [0.3, 0.4) is 0 Å². The molecule has 1 fully saturated rings. The van der Waals surface area contributed by atoms with Crippen LogP contribution in [0.1, 0.15) is 30.9 Å². The first-order chi connectivity index (χ1) is 9.20. The molecule has 0 aromatic heterocycles. The number of nitrogens with two attached hydrogens (primary N) is 1. The Balaban J connectivity index is 2.03. The van der Waals surface area contributed by atoms with Gasteiger partial charge in [0.25, 0.3) is 0 Å². The number of hydrogen-bond donors (Lipinski definition) is 1. The molecule has 2 rings (SSSR count). The number of rotatable bonds is 6. The van der Waals surface area contributed by atoms with E-state index in [4.69, 9.17) is 15.2 Å². The second kappa shape index (κ2) is 6.92. The molecule has 0 amide bonds. The molecule has 0 spiro atoms. The predicted molar refractivity (Wildman–Crippen MR) is 77.6 cm³/mol. The number of para-hydroxylation sites is 1. The third-order valence-electron chi connectivity index (χ3n) is 3.79. The monoisotopic (exact) mass is 263 g/mol. The van der Waals surface area contributed by atoms with Crippen molar-refractivity contribution in [2.75, 3.05) is 19.8 Å². The maximum Gasteiger partial charge on any atom is 0.125 e. The zero-order valence-corrected chi connectivity index (χ0v) is 12.0. The van der Waals surface area contributed by atoms with Gasteiger partial charge in [0.2, 0.25) is 0 Å². The van der Waals surface area contributed by atoms with Crippen LogP contribution in [0.2, 0.25) is 0 Å². The average molecular weight is 263 g/mol. The summed E-state index contributed by atoms with van der Waals surface area (Å²) in [6.07, 6.45) is 2.98. The molecule has 1 heterocycles. The molecule has 1 aromatic rings. The summed E-state index contributed by atoms with van der Waals surface area (Å²) in [4.78, 5) is 0. The first kappa shape index (κ1) is 14.4. The lowest BCUT2D eigenvalue weighted by molar-refractivity contribution is 0.166. The fourth-order valence-corrected chi connectivity index (χ4v) is 2.42. The van der Waals surface area contributed by atoms with Gasteiger partial charge in [0.15, 0.2) is 0 Å². The highest BCUT2D eigenvalue weighted by Gasteiger charge is 2.18. The van der Waals surface area contributed by atoms with Gasteiger partial charge in [0.1, 0.15) is 5.75 Å². The van der Waals surface area contributed by atoms with Crippen molar-refractivity contribution in [3.63, 3.8) is 0 Å². The third kappa shape index (κ3) is 3.95. The Hall–Kier alpha value is -1.06. The standard InChI is InChI=1S/C16H25NO2/c1-3-15(17)9-14-6-4-5-12(2)16(14)19-11-13-7-8-18-10-13/h4-6,13,15H,3,7-11,17H2,1-2H3. The first-order valence-electron chi connectivity index (χ1n) is 7.25. The van der Waals surface area contributed by atoms with E-state index in [1.54, 1.807) is 0 Å². The van der Waals surface area contributed by atoms with Gasteiger partial charge in [0.05, 0.1) is 13.2 Å². The van der Waals surface area contributed by atoms with Crippen LogP contribution in [0.25, 0.3) is 0 Å². The minimum absolute atomic E-state index is 0.207. The molecular formula is C16H25NO2. The molecule has 2 unspecified atom stereocenters. The van der Waals surface area contributed by atoms with Crippen molar-refractivity contribution in [2.24, 2.45) is 11.7 Å². The zero-order chi connectivity index (χ0) is 13.7. The number of ether oxygens (including phenoxy) is 2. The Morgan fingerprint density at radius 3 is 3.00 bits per heavy atom. The second-order valence-corrected chi connectivity index (χ2v) is 5.48. The van der Waals surface area contributed by atoms with Crippen LogP contribution in [0, 0.1) is 12.8 Å². The van der Waals surface area contributed by atoms with Crippen LogP contribution in [0.4, 0.5) is 0 Å². The van der Waals surface area contributed by atoms with E-state index in [9.17, 15) is 0 Å². The quantitative estimate of drug-likeness (QED) is 0.858. The van der Waals surface area contributed by atoms with E-state index >= 15 is 0 Å². The molecule has 1 aliphatic rings. The molecule has 1 aromatic carbocycles. The van der Waals surface area contributed by atoms with Crippen molar-refractivity contribution in [3.8, 4) is 5.75 Å². The lowest BCUT2D eigenvalue weighted by Gasteiger charge is -2.18. The van der Waals surface area contributed by atoms with Crippen molar-refractivity contribution in [1.29, 1.82) is 0 Å². The molecule has 106 valence electrons. The first-order valence-corrected chi connectivity index (χ1v) is 7.25. The van der Waals surface area contributed by atoms with Gasteiger partial charge < -0.3 is 15.2 Å². The van der Waals surface area contributed by atoms with E-state index < -0.39 is 0 Å². The molecule has 1 saturated heterocycles. The largest absolute Gasteiger partial charge is 0.493 e. The van der Waals surface area contributed by atoms with Crippen molar-refractivity contribution < 1.29 is 9.47 Å². The van der Waals surface area contributed by atoms with Gasteiger partial charge in [-0.3, -0.25) is 0 Å². The fourth-order valence-electron chi connectivity index (χ4n) is 2.42. The minimum atomic E-state index is 0.207. The molecule has 2 N–H and O–H groups in total. The van der Waals surface area contributed by atoms with E-state index in [0.29, 0.717) is 5.92 Å². The van der Waals surface area contributed by atoms with Crippen LogP contribution < -0.4 is 10.5 Å². The van der Waals surface area contributed by atoms with E-state index in [0.717, 1.165) is 44.8 Å². The van der Waals surface area contributed by atoms with Gasteiger partial charge in [-0.1, -0.05) is 25.1 Å². The van der Waals surface area contributed by atoms with Crippen LogP contribution in [-0.2, 0) is 11.2 Å². The second-order valence-electron chi connectivity index (χ2n) is 5.48. The molecule has 0 radical (unpaired) electrons. The molecule has 3 heteroatoms. The van der Waals surface area contributed by atoms with E-state index in [-0.39, 0.29) is 6.04 Å². The smallest absolute Gasteiger partial charge is 0.125 e. The van der Waals surface area contributed by atoms with Gasteiger partial charge in [-0.25, -0.2) is 0 Å². The third-order valence-corrected chi connectivity index (χ3v) is 3.79. The fraction of sp³-hybridized carbons (Fsp3) is 0.625. The van der Waals surface area contributed by atoms with Crippen molar-refractivity contribution in [2.45, 2.75) is 39.2 Å². The van der Waals surface area contributed by atoms with Crippen LogP contribution in [0.15, 0.2) is 18.2 Å². The summed E-state index contributed by atoms with van der Waals surface area (Å²) in [7, 11) is 0. The van der Waals surface area contributed by atoms with Gasteiger partial charge >= 0.3 is 0 Å². The van der Waals surface area contributed by atoms with Gasteiger partial charge in [0, 0.05) is 18.6 Å². The van der Waals surface area contributed by atoms with Gasteiger partial charge in [-0.15, -0.1) is 0 Å². The number of benzene rings is 1. The summed E-state index contributed by atoms with van der Waals surface area (Å²) in [5.41, 5.74) is 8.49. The molecule has 0 bridgehead atoms. The summed E-state index contributed by atoms with van der Waals surface area (Å²) in [6.45, 7) is 6.67. The Labute approximate surface area is 116 Å². The summed E-state index contributed by atoms with van der Waals surface area (Å²) >= 11 is 0. The molecular weight excluding hydrogens is 238 g/mol. The number of hydrogen-bond acceptors (Lipinski definition) is 3. The minimum Gasteiger partial charge on any atom is -0.493 e. The summed E-state index contributed by atoms with van der Waals surface area (Å²) in [6, 6.07) is 6.52. The molecule has 2 atom stereocenters. The van der Waals surface area contributed by atoms with Crippen molar-refractivity contribution in [3.05, 3.63) is 29.3 Å². The molecule has 19 heavy (non-hydrogen) atoms. The van der Waals surface area contributed by atoms with Gasteiger partial charge in [-0.2, -0.15) is 0 Å². The van der Waals surface area contributed by atoms with E-state index in [1.165, 1.54) is 11.1 Å². The topological polar surface area (TPSA) is 44.5 Å². The highest BCUT2D eigenvalue weighted by atomic mass is 16.5. The Kier molecular flexibility index (Phi) is 5.23. The number of aryl methyl sites for hydroxylation is 1. The van der Waals surface area contributed by atoms with Crippen LogP contribution >= 0.6 is 0 Å². The van der Waals surface area contributed by atoms with Crippen LogP contribution in [0.5, 0.6) is 5.75 Å². The molecule has 3 nitrogen and oxygen atoms in total. The Morgan fingerprint density at radius 1 is 1.47 bits per heavy atom. The SMILES string of the molecule is CCC(N)Cc1cccc(C)c1OCC1CCOC1. The average Bonchev–Trinajstić information content (AvgIpc) is 2.91. The Bertz CT molecular complexity index is 400.